The highest BCUT2D eigenvalue weighted by molar-refractivity contribution is 6.40. The minimum absolute atomic E-state index is 0.145. The van der Waals surface area contributed by atoms with Crippen LogP contribution in [0.1, 0.15) is 50.4 Å². The van der Waals surface area contributed by atoms with Crippen molar-refractivity contribution in [2.45, 2.75) is 46.1 Å². The van der Waals surface area contributed by atoms with Crippen LogP contribution >= 0.6 is 0 Å². The van der Waals surface area contributed by atoms with E-state index in [0.717, 1.165) is 19.3 Å². The Morgan fingerprint density at radius 3 is 2.40 bits per heavy atom. The summed E-state index contributed by atoms with van der Waals surface area (Å²) in [6.45, 7) is 6.53. The maximum absolute atomic E-state index is 12.0. The molecule has 0 saturated heterocycles. The lowest BCUT2D eigenvalue weighted by atomic mass is 9.71. The van der Waals surface area contributed by atoms with E-state index in [9.17, 15) is 9.59 Å². The lowest BCUT2D eigenvalue weighted by Gasteiger charge is -2.38. The van der Waals surface area contributed by atoms with Gasteiger partial charge in [-0.2, -0.15) is 0 Å². The van der Waals surface area contributed by atoms with Crippen molar-refractivity contribution in [2.24, 2.45) is 11.3 Å². The number of esters is 1. The first-order valence-corrected chi connectivity index (χ1v) is 7.18. The van der Waals surface area contributed by atoms with Gasteiger partial charge in [0.1, 0.15) is 6.10 Å². The van der Waals surface area contributed by atoms with Gasteiger partial charge in [0, 0.05) is 5.56 Å². The third-order valence-electron chi connectivity index (χ3n) is 3.84. The SMILES string of the molecule is CC1CC(OC(=O)C(=O)c2ccccc2)CC(C)(C)C1. The van der Waals surface area contributed by atoms with Crippen LogP contribution in [0.3, 0.4) is 0 Å². The molecule has 2 unspecified atom stereocenters. The number of rotatable bonds is 3. The molecule has 3 heteroatoms. The molecule has 0 spiro atoms. The summed E-state index contributed by atoms with van der Waals surface area (Å²) in [5.74, 6) is -0.767. The molecular formula is C17H22O3. The Morgan fingerprint density at radius 1 is 1.15 bits per heavy atom. The van der Waals surface area contributed by atoms with Gasteiger partial charge < -0.3 is 4.74 Å². The van der Waals surface area contributed by atoms with Crippen LogP contribution in [0.15, 0.2) is 30.3 Å². The first-order chi connectivity index (χ1) is 9.37. The molecule has 108 valence electrons. The Balaban J connectivity index is 1.99. The van der Waals surface area contributed by atoms with E-state index in [-0.39, 0.29) is 11.5 Å². The lowest BCUT2D eigenvalue weighted by Crippen LogP contribution is -2.35. The van der Waals surface area contributed by atoms with Gasteiger partial charge in [0.05, 0.1) is 0 Å². The number of benzene rings is 1. The van der Waals surface area contributed by atoms with E-state index in [4.69, 9.17) is 4.74 Å². The maximum Gasteiger partial charge on any atom is 0.379 e. The fourth-order valence-electron chi connectivity index (χ4n) is 3.26. The van der Waals surface area contributed by atoms with Crippen LogP contribution in [-0.4, -0.2) is 17.9 Å². The number of hydrogen-bond donors (Lipinski definition) is 0. The summed E-state index contributed by atoms with van der Waals surface area (Å²) < 4.78 is 5.43. The van der Waals surface area contributed by atoms with Crippen LogP contribution in [0.4, 0.5) is 0 Å². The summed E-state index contributed by atoms with van der Waals surface area (Å²) in [5, 5.41) is 0. The van der Waals surface area contributed by atoms with Gasteiger partial charge in [-0.1, -0.05) is 51.1 Å². The van der Waals surface area contributed by atoms with Gasteiger partial charge in [-0.15, -0.1) is 0 Å². The monoisotopic (exact) mass is 274 g/mol. The van der Waals surface area contributed by atoms with Crippen molar-refractivity contribution in [3.05, 3.63) is 35.9 Å². The zero-order chi connectivity index (χ0) is 14.8. The summed E-state index contributed by atoms with van der Waals surface area (Å²) >= 11 is 0. The predicted molar refractivity (Wildman–Crippen MR) is 77.4 cm³/mol. The summed E-state index contributed by atoms with van der Waals surface area (Å²) in [7, 11) is 0. The molecule has 1 aromatic carbocycles. The summed E-state index contributed by atoms with van der Waals surface area (Å²) in [5.41, 5.74) is 0.555. The highest BCUT2D eigenvalue weighted by Gasteiger charge is 2.35. The summed E-state index contributed by atoms with van der Waals surface area (Å²) in [4.78, 5) is 23.9. The number of carbonyl (C=O) groups is 2. The van der Waals surface area contributed by atoms with E-state index < -0.39 is 11.8 Å². The third-order valence-corrected chi connectivity index (χ3v) is 3.84. The molecule has 1 aromatic rings. The second kappa shape index (κ2) is 5.78. The fourth-order valence-corrected chi connectivity index (χ4v) is 3.26. The number of Topliss-reactive ketones (excluding diaryl/α,β-unsaturated/α-hetero) is 1. The van der Waals surface area contributed by atoms with E-state index in [2.05, 4.69) is 20.8 Å². The Kier molecular flexibility index (Phi) is 4.26. The minimum Gasteiger partial charge on any atom is -0.456 e. The molecule has 1 fully saturated rings. The van der Waals surface area contributed by atoms with E-state index in [0.29, 0.717) is 11.5 Å². The topological polar surface area (TPSA) is 43.4 Å². The average Bonchev–Trinajstić information content (AvgIpc) is 2.36. The van der Waals surface area contributed by atoms with Gasteiger partial charge in [0.2, 0.25) is 0 Å². The van der Waals surface area contributed by atoms with Gasteiger partial charge in [-0.05, 0) is 30.6 Å². The van der Waals surface area contributed by atoms with Crippen LogP contribution in [-0.2, 0) is 9.53 Å². The first kappa shape index (κ1) is 14.8. The number of ether oxygens (including phenoxy) is 1. The molecule has 0 bridgehead atoms. The summed E-state index contributed by atoms with van der Waals surface area (Å²) in [6, 6.07) is 8.57. The molecule has 0 aromatic heterocycles. The van der Waals surface area contributed by atoms with Crippen LogP contribution in [0, 0.1) is 11.3 Å². The van der Waals surface area contributed by atoms with Gasteiger partial charge >= 0.3 is 5.97 Å². The summed E-state index contributed by atoms with van der Waals surface area (Å²) in [6.07, 6.45) is 2.66. The van der Waals surface area contributed by atoms with Crippen molar-refractivity contribution in [1.82, 2.24) is 0 Å². The van der Waals surface area contributed by atoms with Gasteiger partial charge in [0.25, 0.3) is 5.78 Å². The van der Waals surface area contributed by atoms with Crippen molar-refractivity contribution in [1.29, 1.82) is 0 Å². The Morgan fingerprint density at radius 2 is 1.80 bits per heavy atom. The molecule has 0 N–H and O–H groups in total. The van der Waals surface area contributed by atoms with Crippen molar-refractivity contribution < 1.29 is 14.3 Å². The van der Waals surface area contributed by atoms with E-state index in [1.54, 1.807) is 24.3 Å². The lowest BCUT2D eigenvalue weighted by molar-refractivity contribution is -0.147. The second-order valence-electron chi connectivity index (χ2n) is 6.64. The highest BCUT2D eigenvalue weighted by Crippen LogP contribution is 2.39. The Labute approximate surface area is 120 Å². The standard InChI is InChI=1S/C17H22O3/c1-12-9-14(11-17(2,3)10-12)20-16(19)15(18)13-7-5-4-6-8-13/h4-8,12,14H,9-11H2,1-3H3. The van der Waals surface area contributed by atoms with Crippen LogP contribution < -0.4 is 0 Å². The zero-order valence-corrected chi connectivity index (χ0v) is 12.4. The molecule has 20 heavy (non-hydrogen) atoms. The van der Waals surface area contributed by atoms with E-state index >= 15 is 0 Å². The van der Waals surface area contributed by atoms with E-state index in [1.165, 1.54) is 0 Å². The predicted octanol–water partition coefficient (Wildman–Crippen LogP) is 3.63. The molecule has 2 rings (SSSR count). The minimum atomic E-state index is -0.730. The van der Waals surface area contributed by atoms with Gasteiger partial charge in [-0.3, -0.25) is 4.79 Å². The average molecular weight is 274 g/mol. The van der Waals surface area contributed by atoms with Crippen LogP contribution in [0.25, 0.3) is 0 Å². The molecule has 0 amide bonds. The number of ketones is 1. The Hall–Kier alpha value is -1.64. The molecule has 1 aliphatic carbocycles. The second-order valence-corrected chi connectivity index (χ2v) is 6.64. The molecule has 0 radical (unpaired) electrons. The maximum atomic E-state index is 12.0. The smallest absolute Gasteiger partial charge is 0.379 e. The van der Waals surface area contributed by atoms with Crippen LogP contribution in [0.2, 0.25) is 0 Å². The Bertz CT molecular complexity index is 490. The first-order valence-electron chi connectivity index (χ1n) is 7.18. The van der Waals surface area contributed by atoms with Gasteiger partial charge in [0.15, 0.2) is 0 Å². The number of hydrogen-bond acceptors (Lipinski definition) is 3. The number of carbonyl (C=O) groups excluding carboxylic acids is 2. The molecule has 2 atom stereocenters. The normalized spacial score (nSPS) is 24.9. The van der Waals surface area contributed by atoms with Crippen molar-refractivity contribution in [3.8, 4) is 0 Å². The zero-order valence-electron chi connectivity index (χ0n) is 12.4. The molecule has 0 heterocycles. The van der Waals surface area contributed by atoms with Gasteiger partial charge in [-0.25, -0.2) is 4.79 Å². The van der Waals surface area contributed by atoms with Crippen molar-refractivity contribution in [3.63, 3.8) is 0 Å². The fraction of sp³-hybridized carbons (Fsp3) is 0.529. The molecule has 1 aliphatic rings. The largest absolute Gasteiger partial charge is 0.456 e. The van der Waals surface area contributed by atoms with E-state index in [1.807, 2.05) is 6.07 Å². The quantitative estimate of drug-likeness (QED) is 0.480. The van der Waals surface area contributed by atoms with Crippen molar-refractivity contribution in [2.75, 3.05) is 0 Å². The van der Waals surface area contributed by atoms with Crippen LogP contribution in [0.5, 0.6) is 0 Å². The van der Waals surface area contributed by atoms with Crippen molar-refractivity contribution >= 4 is 11.8 Å². The molecule has 0 aliphatic heterocycles. The molecule has 1 saturated carbocycles. The molecule has 3 nitrogen and oxygen atoms in total. The third kappa shape index (κ3) is 3.69. The highest BCUT2D eigenvalue weighted by atomic mass is 16.5. The molecular weight excluding hydrogens is 252 g/mol.